The molecule has 3 aromatic heterocycles. The minimum atomic E-state index is -4.41. The quantitative estimate of drug-likeness (QED) is 0.386. The molecule has 142 valence electrons. The van der Waals surface area contributed by atoms with Crippen molar-refractivity contribution in [3.05, 3.63) is 69.9 Å². The second kappa shape index (κ2) is 7.03. The highest BCUT2D eigenvalue weighted by Crippen LogP contribution is 2.36. The molecule has 1 aromatic carbocycles. The van der Waals surface area contributed by atoms with Crippen LogP contribution in [0.4, 0.5) is 18.9 Å². The van der Waals surface area contributed by atoms with Crippen LogP contribution in [0.25, 0.3) is 20.8 Å². The first-order valence-electron chi connectivity index (χ1n) is 8.30. The van der Waals surface area contributed by atoms with Crippen molar-refractivity contribution in [1.82, 2.24) is 4.98 Å². The van der Waals surface area contributed by atoms with Gasteiger partial charge in [-0.3, -0.25) is 0 Å². The number of nitrogens with zero attached hydrogens (tertiary/aromatic N) is 1. The molecule has 3 heterocycles. The third kappa shape index (κ3) is 3.53. The number of thiophene rings is 2. The fourth-order valence-corrected chi connectivity index (χ4v) is 4.66. The van der Waals surface area contributed by atoms with Gasteiger partial charge in [-0.1, -0.05) is 24.3 Å². The molecule has 3 N–H and O–H groups in total. The summed E-state index contributed by atoms with van der Waals surface area (Å²) in [5.74, 6) is 0. The molecule has 0 aliphatic rings. The molecule has 0 unspecified atom stereocenters. The van der Waals surface area contributed by atoms with Crippen LogP contribution in [-0.4, -0.2) is 10.7 Å². The first kappa shape index (κ1) is 18.6. The standard InChI is InChI=1S/C20H14F3N3S2/c21-20(22,23)12-4-1-3-11(9-12)10-14(24)18-17(25)13-6-7-15(26-19(13)28-18)16-5-2-8-27-16/h1-9,24H,10,25H2. The third-order valence-electron chi connectivity index (χ3n) is 4.28. The van der Waals surface area contributed by atoms with Gasteiger partial charge in [-0.25, -0.2) is 4.98 Å². The number of nitrogens with one attached hydrogen (secondary N) is 1. The molecule has 3 nitrogen and oxygen atoms in total. The Morgan fingerprint density at radius 3 is 2.64 bits per heavy atom. The molecule has 4 rings (SSSR count). The average Bonchev–Trinajstić information content (AvgIpc) is 3.29. The summed E-state index contributed by atoms with van der Waals surface area (Å²) in [6.07, 6.45) is -4.34. The van der Waals surface area contributed by atoms with Gasteiger partial charge in [-0.2, -0.15) is 13.2 Å². The minimum absolute atomic E-state index is 0.0682. The van der Waals surface area contributed by atoms with Gasteiger partial charge in [-0.15, -0.1) is 22.7 Å². The van der Waals surface area contributed by atoms with E-state index in [2.05, 4.69) is 4.98 Å². The smallest absolute Gasteiger partial charge is 0.397 e. The van der Waals surface area contributed by atoms with Gasteiger partial charge in [0.15, 0.2) is 0 Å². The van der Waals surface area contributed by atoms with Gasteiger partial charge in [0.2, 0.25) is 0 Å². The topological polar surface area (TPSA) is 62.8 Å². The van der Waals surface area contributed by atoms with E-state index in [1.54, 1.807) is 17.4 Å². The van der Waals surface area contributed by atoms with Crippen molar-refractivity contribution in [3.63, 3.8) is 0 Å². The van der Waals surface area contributed by atoms with E-state index in [0.717, 1.165) is 28.1 Å². The van der Waals surface area contributed by atoms with E-state index in [1.165, 1.54) is 17.4 Å². The van der Waals surface area contributed by atoms with Gasteiger partial charge in [0.25, 0.3) is 0 Å². The zero-order valence-corrected chi connectivity index (χ0v) is 16.0. The maximum absolute atomic E-state index is 12.9. The molecule has 0 fully saturated rings. The Balaban J connectivity index is 1.65. The van der Waals surface area contributed by atoms with E-state index in [1.807, 2.05) is 29.6 Å². The molecule has 28 heavy (non-hydrogen) atoms. The van der Waals surface area contributed by atoms with E-state index < -0.39 is 11.7 Å². The first-order chi connectivity index (χ1) is 13.3. The molecule has 8 heteroatoms. The number of hydrogen-bond donors (Lipinski definition) is 2. The summed E-state index contributed by atoms with van der Waals surface area (Å²) in [6.45, 7) is 0. The number of rotatable bonds is 4. The van der Waals surface area contributed by atoms with E-state index in [4.69, 9.17) is 11.1 Å². The summed E-state index contributed by atoms with van der Waals surface area (Å²) in [5.41, 5.74) is 7.37. The Hall–Kier alpha value is -2.71. The molecule has 0 aliphatic carbocycles. The van der Waals surface area contributed by atoms with Gasteiger partial charge >= 0.3 is 6.18 Å². The van der Waals surface area contributed by atoms with Crippen LogP contribution in [0.2, 0.25) is 0 Å². The van der Waals surface area contributed by atoms with Crippen molar-refractivity contribution < 1.29 is 13.2 Å². The molecular weight excluding hydrogens is 403 g/mol. The van der Waals surface area contributed by atoms with Gasteiger partial charge in [0.05, 0.1) is 32.4 Å². The SMILES string of the molecule is N=C(Cc1cccc(C(F)(F)F)c1)c1sc2nc(-c3cccs3)ccc2c1N. The molecule has 0 radical (unpaired) electrons. The molecule has 0 aliphatic heterocycles. The Bertz CT molecular complexity index is 1160. The van der Waals surface area contributed by atoms with Crippen LogP contribution in [0.5, 0.6) is 0 Å². The highest BCUT2D eigenvalue weighted by molar-refractivity contribution is 7.21. The number of aromatic nitrogens is 1. The van der Waals surface area contributed by atoms with Gasteiger partial charge in [-0.05, 0) is 35.2 Å². The van der Waals surface area contributed by atoms with Crippen molar-refractivity contribution in [1.29, 1.82) is 5.41 Å². The number of halogens is 3. The monoisotopic (exact) mass is 417 g/mol. The van der Waals surface area contributed by atoms with Gasteiger partial charge < -0.3 is 11.1 Å². The van der Waals surface area contributed by atoms with Crippen LogP contribution in [0.15, 0.2) is 53.9 Å². The van der Waals surface area contributed by atoms with Crippen molar-refractivity contribution in [2.45, 2.75) is 12.6 Å². The number of nitrogen functional groups attached to an aromatic ring is 1. The molecule has 4 aromatic rings. The Labute approximate surface area is 166 Å². The fourth-order valence-electron chi connectivity index (χ4n) is 2.92. The Morgan fingerprint density at radius 1 is 1.11 bits per heavy atom. The predicted octanol–water partition coefficient (Wildman–Crippen LogP) is 6.24. The second-order valence-electron chi connectivity index (χ2n) is 6.22. The zero-order chi connectivity index (χ0) is 19.9. The maximum atomic E-state index is 12.9. The molecule has 0 amide bonds. The lowest BCUT2D eigenvalue weighted by Crippen LogP contribution is -2.08. The summed E-state index contributed by atoms with van der Waals surface area (Å²) < 4.78 is 38.7. The van der Waals surface area contributed by atoms with Crippen molar-refractivity contribution >= 4 is 44.3 Å². The molecule has 0 bridgehead atoms. The van der Waals surface area contributed by atoms with E-state index in [-0.39, 0.29) is 12.1 Å². The van der Waals surface area contributed by atoms with Crippen molar-refractivity contribution in [3.8, 4) is 10.6 Å². The lowest BCUT2D eigenvalue weighted by Gasteiger charge is -2.09. The normalized spacial score (nSPS) is 11.8. The molecule has 0 saturated carbocycles. The van der Waals surface area contributed by atoms with Crippen LogP contribution in [0.1, 0.15) is 16.0 Å². The van der Waals surface area contributed by atoms with E-state index >= 15 is 0 Å². The Kier molecular flexibility index (Phi) is 4.68. The number of nitrogens with two attached hydrogens (primary N) is 1. The highest BCUT2D eigenvalue weighted by Gasteiger charge is 2.30. The van der Waals surface area contributed by atoms with Gasteiger partial charge in [0, 0.05) is 11.8 Å². The van der Waals surface area contributed by atoms with Crippen LogP contribution in [0, 0.1) is 5.41 Å². The summed E-state index contributed by atoms with van der Waals surface area (Å²) in [5, 5.41) is 11.1. The summed E-state index contributed by atoms with van der Waals surface area (Å²) in [6, 6.07) is 12.7. The van der Waals surface area contributed by atoms with Crippen LogP contribution in [0.3, 0.4) is 0 Å². The highest BCUT2D eigenvalue weighted by atomic mass is 32.1. The predicted molar refractivity (Wildman–Crippen MR) is 109 cm³/mol. The summed E-state index contributed by atoms with van der Waals surface area (Å²) >= 11 is 2.88. The fraction of sp³-hybridized carbons (Fsp3) is 0.100. The number of benzene rings is 1. The maximum Gasteiger partial charge on any atom is 0.416 e. The van der Waals surface area contributed by atoms with Crippen LogP contribution >= 0.6 is 22.7 Å². The van der Waals surface area contributed by atoms with Crippen LogP contribution < -0.4 is 5.73 Å². The lowest BCUT2D eigenvalue weighted by atomic mass is 10.0. The molecule has 0 spiro atoms. The molecular formula is C20H14F3N3S2. The average molecular weight is 417 g/mol. The number of hydrogen-bond acceptors (Lipinski definition) is 5. The Morgan fingerprint density at radius 2 is 1.93 bits per heavy atom. The zero-order valence-electron chi connectivity index (χ0n) is 14.4. The van der Waals surface area contributed by atoms with Gasteiger partial charge in [0.1, 0.15) is 4.83 Å². The third-order valence-corrected chi connectivity index (χ3v) is 6.34. The minimum Gasteiger partial charge on any atom is -0.397 e. The number of anilines is 1. The van der Waals surface area contributed by atoms with Crippen molar-refractivity contribution in [2.24, 2.45) is 0 Å². The second-order valence-corrected chi connectivity index (χ2v) is 8.17. The summed E-state index contributed by atoms with van der Waals surface area (Å²) in [4.78, 5) is 6.93. The van der Waals surface area contributed by atoms with E-state index in [0.29, 0.717) is 21.0 Å². The van der Waals surface area contributed by atoms with Crippen LogP contribution in [-0.2, 0) is 12.6 Å². The number of pyridine rings is 1. The number of fused-ring (bicyclic) bond motifs is 1. The molecule has 0 atom stereocenters. The molecule has 0 saturated heterocycles. The first-order valence-corrected chi connectivity index (χ1v) is 9.99. The van der Waals surface area contributed by atoms with E-state index in [9.17, 15) is 13.2 Å². The van der Waals surface area contributed by atoms with Crippen molar-refractivity contribution in [2.75, 3.05) is 5.73 Å². The summed E-state index contributed by atoms with van der Waals surface area (Å²) in [7, 11) is 0. The number of alkyl halides is 3. The lowest BCUT2D eigenvalue weighted by molar-refractivity contribution is -0.137. The largest absolute Gasteiger partial charge is 0.416 e.